The SMILES string of the molecule is CC.CC.CC.CC=O.CC=O.CC=O.CCC.Oc1ccccc1.Oc1ccccc1.Oc1ccccc1.[CH3-].[CH3-].[Y]. The Morgan fingerprint density at radius 2 is 0.548 bits per heavy atom. The van der Waals surface area contributed by atoms with E-state index in [2.05, 4.69) is 13.8 Å². The number of para-hydroxylation sites is 3. The van der Waals surface area contributed by atoms with Crippen LogP contribution in [0.3, 0.4) is 0 Å². The molecular formula is C35H62O6Y-2. The molecule has 0 aliphatic carbocycles. The standard InChI is InChI=1S/3C6H6O.C3H8.3C2H4O.3C2H6.2CH3.Y/c3*7-6-4-2-1-3-5-6;1-3-2;3*1-2-3;3*1-2;;;/h3*1-5,7H;3H2,1-2H3;3*2H,1H3;3*1-2H3;2*1H3;/q;;;;;;;;;;2*-1;. The molecule has 0 atom stereocenters. The third-order valence-corrected chi connectivity index (χ3v) is 2.27. The molecular weight excluding hydrogens is 605 g/mol. The average molecular weight is 668 g/mol. The molecule has 243 valence electrons. The molecule has 0 bridgehead atoms. The first-order chi connectivity index (χ1) is 18.8. The summed E-state index contributed by atoms with van der Waals surface area (Å²) in [7, 11) is 0. The van der Waals surface area contributed by atoms with Crippen molar-refractivity contribution in [1.82, 2.24) is 0 Å². The second-order valence-electron chi connectivity index (χ2n) is 5.42. The van der Waals surface area contributed by atoms with Crippen LogP contribution in [-0.2, 0) is 47.1 Å². The van der Waals surface area contributed by atoms with Gasteiger partial charge in [-0.25, -0.2) is 0 Å². The number of aldehydes is 3. The van der Waals surface area contributed by atoms with Crippen molar-refractivity contribution >= 4 is 18.9 Å². The maximum atomic E-state index is 8.81. The van der Waals surface area contributed by atoms with E-state index >= 15 is 0 Å². The number of aromatic hydroxyl groups is 3. The van der Waals surface area contributed by atoms with Crippen molar-refractivity contribution in [2.75, 3.05) is 0 Å². The number of rotatable bonds is 0. The predicted octanol–water partition coefficient (Wildman–Crippen LogP) is 10.2. The second-order valence-corrected chi connectivity index (χ2v) is 5.42. The van der Waals surface area contributed by atoms with Gasteiger partial charge in [-0.1, -0.05) is 116 Å². The van der Waals surface area contributed by atoms with Crippen molar-refractivity contribution in [2.24, 2.45) is 0 Å². The molecule has 0 aliphatic rings. The molecule has 3 N–H and O–H groups in total. The number of hydrogen-bond acceptors (Lipinski definition) is 6. The molecule has 0 spiro atoms. The van der Waals surface area contributed by atoms with Crippen LogP contribution in [0.5, 0.6) is 17.2 Å². The van der Waals surface area contributed by atoms with Crippen LogP contribution in [0.25, 0.3) is 0 Å². The summed E-state index contributed by atoms with van der Waals surface area (Å²) < 4.78 is 0. The average Bonchev–Trinajstić information content (AvgIpc) is 2.96. The minimum atomic E-state index is 0. The Morgan fingerprint density at radius 3 is 0.595 bits per heavy atom. The topological polar surface area (TPSA) is 112 Å². The molecule has 0 aliphatic heterocycles. The van der Waals surface area contributed by atoms with Gasteiger partial charge in [-0.05, 0) is 57.2 Å². The molecule has 1 radical (unpaired) electrons. The van der Waals surface area contributed by atoms with Crippen LogP contribution in [0.15, 0.2) is 91.0 Å². The fourth-order valence-electron chi connectivity index (χ4n) is 1.28. The van der Waals surface area contributed by atoms with Crippen LogP contribution in [0.2, 0.25) is 0 Å². The number of phenols is 3. The summed E-state index contributed by atoms with van der Waals surface area (Å²) in [5, 5.41) is 25.9. The van der Waals surface area contributed by atoms with Crippen LogP contribution in [-0.4, -0.2) is 34.2 Å². The van der Waals surface area contributed by atoms with Gasteiger partial charge in [0.15, 0.2) is 0 Å². The molecule has 0 unspecified atom stereocenters. The van der Waals surface area contributed by atoms with Crippen LogP contribution in [0.4, 0.5) is 0 Å². The number of carbonyl (C=O) groups is 3. The number of benzene rings is 3. The van der Waals surface area contributed by atoms with Gasteiger partial charge in [0.1, 0.15) is 36.1 Å². The van der Waals surface area contributed by atoms with Gasteiger partial charge in [0, 0.05) is 32.7 Å². The van der Waals surface area contributed by atoms with Gasteiger partial charge in [0.05, 0.1) is 0 Å². The minimum absolute atomic E-state index is 0. The Kier molecular flexibility index (Phi) is 133. The van der Waals surface area contributed by atoms with Gasteiger partial charge in [0.25, 0.3) is 0 Å². The summed E-state index contributed by atoms with van der Waals surface area (Å²) in [6, 6.07) is 26.1. The van der Waals surface area contributed by atoms with Gasteiger partial charge < -0.3 is 44.6 Å². The van der Waals surface area contributed by atoms with Crippen LogP contribution in [0.1, 0.15) is 82.6 Å². The summed E-state index contributed by atoms with van der Waals surface area (Å²) in [6.45, 7) is 20.6. The Balaban J connectivity index is -0.0000000352. The predicted molar refractivity (Wildman–Crippen MR) is 182 cm³/mol. The van der Waals surface area contributed by atoms with Gasteiger partial charge >= 0.3 is 0 Å². The second kappa shape index (κ2) is 83.2. The van der Waals surface area contributed by atoms with Crippen LogP contribution >= 0.6 is 0 Å². The fraction of sp³-hybridized carbons (Fsp3) is 0.343. The van der Waals surface area contributed by atoms with Gasteiger partial charge in [-0.15, -0.1) is 0 Å². The van der Waals surface area contributed by atoms with E-state index in [1.807, 2.05) is 59.7 Å². The van der Waals surface area contributed by atoms with E-state index in [0.29, 0.717) is 17.2 Å². The van der Waals surface area contributed by atoms with E-state index in [-0.39, 0.29) is 47.6 Å². The van der Waals surface area contributed by atoms with Crippen LogP contribution < -0.4 is 0 Å². The summed E-state index contributed by atoms with van der Waals surface area (Å²) in [5.74, 6) is 0.965. The quantitative estimate of drug-likeness (QED) is 0.163. The van der Waals surface area contributed by atoms with Crippen molar-refractivity contribution in [3.63, 3.8) is 0 Å². The van der Waals surface area contributed by atoms with Crippen molar-refractivity contribution in [2.45, 2.75) is 82.6 Å². The Bertz CT molecular complexity index is 638. The van der Waals surface area contributed by atoms with E-state index in [9.17, 15) is 0 Å². The van der Waals surface area contributed by atoms with E-state index in [1.165, 1.54) is 27.2 Å². The van der Waals surface area contributed by atoms with Crippen molar-refractivity contribution in [1.29, 1.82) is 0 Å². The number of hydrogen-bond donors (Lipinski definition) is 3. The molecule has 42 heavy (non-hydrogen) atoms. The molecule has 0 amide bonds. The maximum absolute atomic E-state index is 8.81. The Labute approximate surface area is 285 Å². The van der Waals surface area contributed by atoms with E-state index < -0.39 is 0 Å². The fourth-order valence-corrected chi connectivity index (χ4v) is 1.28. The van der Waals surface area contributed by atoms with Gasteiger partial charge in [-0.3, -0.25) is 0 Å². The summed E-state index contributed by atoms with van der Waals surface area (Å²) in [6.07, 6.45) is 3.50. The molecule has 3 aromatic carbocycles. The number of carbonyl (C=O) groups excluding carboxylic acids is 3. The zero-order valence-corrected chi connectivity index (χ0v) is 31.6. The first-order valence-corrected chi connectivity index (χ1v) is 13.3. The Hall–Kier alpha value is -2.83. The summed E-state index contributed by atoms with van der Waals surface area (Å²) >= 11 is 0. The molecule has 7 heteroatoms. The molecule has 0 aromatic heterocycles. The molecule has 6 nitrogen and oxygen atoms in total. The van der Waals surface area contributed by atoms with Crippen molar-refractivity contribution < 1.29 is 62.4 Å². The number of phenolic OH excluding ortho intramolecular Hbond substituents is 3. The first kappa shape index (κ1) is 67.1. The maximum Gasteiger partial charge on any atom is 0.116 e. The molecule has 0 heterocycles. The van der Waals surface area contributed by atoms with Crippen LogP contribution in [0, 0.1) is 14.9 Å². The third-order valence-electron chi connectivity index (χ3n) is 2.27. The largest absolute Gasteiger partial charge is 0.508 e. The zero-order chi connectivity index (χ0) is 32.2. The monoisotopic (exact) mass is 667 g/mol. The summed E-state index contributed by atoms with van der Waals surface area (Å²) in [5.41, 5.74) is 0. The third kappa shape index (κ3) is 108. The van der Waals surface area contributed by atoms with E-state index in [0.717, 1.165) is 18.9 Å². The minimum Gasteiger partial charge on any atom is -0.508 e. The molecule has 0 saturated carbocycles. The zero-order valence-electron chi connectivity index (χ0n) is 28.7. The van der Waals surface area contributed by atoms with Gasteiger partial charge in [0.2, 0.25) is 0 Å². The Morgan fingerprint density at radius 1 is 0.452 bits per heavy atom. The van der Waals surface area contributed by atoms with Crippen molar-refractivity contribution in [3.8, 4) is 17.2 Å². The van der Waals surface area contributed by atoms with Crippen molar-refractivity contribution in [3.05, 3.63) is 106 Å². The molecule has 3 rings (SSSR count). The van der Waals surface area contributed by atoms with Gasteiger partial charge in [-0.2, -0.15) is 0 Å². The molecule has 0 saturated heterocycles. The first-order valence-electron chi connectivity index (χ1n) is 13.3. The molecule has 3 aromatic rings. The normalized spacial score (nSPS) is 6.07. The van der Waals surface area contributed by atoms with E-state index in [1.54, 1.807) is 72.8 Å². The van der Waals surface area contributed by atoms with E-state index in [4.69, 9.17) is 29.7 Å². The smallest absolute Gasteiger partial charge is 0.116 e. The molecule has 0 fully saturated rings. The summed E-state index contributed by atoms with van der Waals surface area (Å²) in [4.78, 5) is 26.4.